The van der Waals surface area contributed by atoms with Gasteiger partial charge in [-0.2, -0.15) is 5.10 Å². The maximum atomic E-state index is 5.78. The molecule has 0 bridgehead atoms. The first-order chi connectivity index (χ1) is 9.29. The van der Waals surface area contributed by atoms with Crippen molar-refractivity contribution in [3.8, 4) is 11.1 Å². The number of rotatable bonds is 7. The molecule has 1 aromatic carbocycles. The number of hydrogen-bond acceptors (Lipinski definition) is 3. The van der Waals surface area contributed by atoms with Gasteiger partial charge in [-0.15, -0.1) is 0 Å². The third-order valence-electron chi connectivity index (χ3n) is 2.96. The summed E-state index contributed by atoms with van der Waals surface area (Å²) in [6, 6.07) is 7.83. The molecule has 0 spiro atoms. The van der Waals surface area contributed by atoms with Crippen LogP contribution < -0.4 is 5.73 Å². The Morgan fingerprint density at radius 1 is 1.26 bits per heavy atom. The number of aromatic nitrogens is 2. The Hall–Kier alpha value is -1.81. The number of nitrogens with two attached hydrogens (primary N) is 1. The second-order valence-corrected chi connectivity index (χ2v) is 4.58. The monoisotopic (exact) mass is 259 g/mol. The number of anilines is 1. The van der Waals surface area contributed by atoms with Gasteiger partial charge >= 0.3 is 0 Å². The lowest BCUT2D eigenvalue weighted by atomic mass is 10.1. The molecule has 0 aliphatic carbocycles. The molecule has 0 aliphatic rings. The minimum atomic E-state index is 0.706. The van der Waals surface area contributed by atoms with Crippen molar-refractivity contribution in [2.45, 2.75) is 26.3 Å². The number of unbranched alkanes of at least 4 members (excludes halogenated alkanes) is 1. The topological polar surface area (TPSA) is 53.1 Å². The Labute approximate surface area is 114 Å². The minimum absolute atomic E-state index is 0.706. The summed E-state index contributed by atoms with van der Waals surface area (Å²) in [6.45, 7) is 4.48. The Kier molecular flexibility index (Phi) is 4.98. The lowest BCUT2D eigenvalue weighted by Crippen LogP contribution is -2.06. The zero-order valence-electron chi connectivity index (χ0n) is 11.4. The fourth-order valence-electron chi connectivity index (χ4n) is 1.86. The largest absolute Gasteiger partial charge is 0.399 e. The molecule has 0 radical (unpaired) electrons. The highest BCUT2D eigenvalue weighted by molar-refractivity contribution is 5.65. The molecule has 0 unspecified atom stereocenters. The number of nitrogen functional groups attached to an aromatic ring is 1. The van der Waals surface area contributed by atoms with Crippen LogP contribution in [0.5, 0.6) is 0 Å². The quantitative estimate of drug-likeness (QED) is 0.614. The van der Waals surface area contributed by atoms with Crippen LogP contribution in [-0.2, 0) is 11.3 Å². The molecule has 19 heavy (non-hydrogen) atoms. The van der Waals surface area contributed by atoms with Gasteiger partial charge in [-0.1, -0.05) is 25.5 Å². The molecule has 0 saturated carbocycles. The Balaban J connectivity index is 1.88. The molecule has 0 fully saturated rings. The van der Waals surface area contributed by atoms with Gasteiger partial charge in [-0.3, -0.25) is 4.68 Å². The van der Waals surface area contributed by atoms with Crippen LogP contribution in [0.3, 0.4) is 0 Å². The zero-order chi connectivity index (χ0) is 13.5. The van der Waals surface area contributed by atoms with Gasteiger partial charge in [0, 0.05) is 24.1 Å². The number of hydrogen-bond donors (Lipinski definition) is 1. The summed E-state index contributed by atoms with van der Waals surface area (Å²) < 4.78 is 7.44. The van der Waals surface area contributed by atoms with Gasteiger partial charge in [0.1, 0.15) is 0 Å². The van der Waals surface area contributed by atoms with Crippen molar-refractivity contribution in [3.05, 3.63) is 36.7 Å². The van der Waals surface area contributed by atoms with Gasteiger partial charge in [0.25, 0.3) is 0 Å². The summed E-state index contributed by atoms with van der Waals surface area (Å²) in [5, 5.41) is 4.34. The molecule has 1 aromatic heterocycles. The summed E-state index contributed by atoms with van der Waals surface area (Å²) in [6.07, 6.45) is 6.17. The highest BCUT2D eigenvalue weighted by atomic mass is 16.5. The Morgan fingerprint density at radius 2 is 2.16 bits per heavy atom. The molecule has 0 saturated heterocycles. The van der Waals surface area contributed by atoms with Crippen LogP contribution >= 0.6 is 0 Å². The van der Waals surface area contributed by atoms with E-state index in [1.807, 2.05) is 41.3 Å². The predicted octanol–water partition coefficient (Wildman–Crippen LogP) is 2.95. The summed E-state index contributed by atoms with van der Waals surface area (Å²) in [5.74, 6) is 0. The van der Waals surface area contributed by atoms with Gasteiger partial charge in [0.15, 0.2) is 0 Å². The van der Waals surface area contributed by atoms with Crippen LogP contribution in [0.2, 0.25) is 0 Å². The van der Waals surface area contributed by atoms with Crippen molar-refractivity contribution in [2.24, 2.45) is 0 Å². The highest BCUT2D eigenvalue weighted by Crippen LogP contribution is 2.20. The van der Waals surface area contributed by atoms with Crippen LogP contribution in [0, 0.1) is 0 Å². The van der Waals surface area contributed by atoms with Crippen LogP contribution in [-0.4, -0.2) is 23.0 Å². The van der Waals surface area contributed by atoms with E-state index in [1.54, 1.807) is 0 Å². The second-order valence-electron chi connectivity index (χ2n) is 4.58. The first-order valence-electron chi connectivity index (χ1n) is 6.75. The number of nitrogens with zero attached hydrogens (tertiary/aromatic N) is 2. The van der Waals surface area contributed by atoms with Crippen LogP contribution in [0.4, 0.5) is 5.69 Å². The first-order valence-corrected chi connectivity index (χ1v) is 6.75. The Morgan fingerprint density at radius 3 is 2.95 bits per heavy atom. The molecule has 0 aliphatic heterocycles. The van der Waals surface area contributed by atoms with Crippen molar-refractivity contribution in [3.63, 3.8) is 0 Å². The van der Waals surface area contributed by atoms with Crippen molar-refractivity contribution in [2.75, 3.05) is 18.9 Å². The molecule has 1 heterocycles. The normalized spacial score (nSPS) is 10.8. The molecule has 4 nitrogen and oxygen atoms in total. The fourth-order valence-corrected chi connectivity index (χ4v) is 1.86. The highest BCUT2D eigenvalue weighted by Gasteiger charge is 2.02. The van der Waals surface area contributed by atoms with Gasteiger partial charge in [0.05, 0.1) is 19.3 Å². The first kappa shape index (κ1) is 13.6. The van der Waals surface area contributed by atoms with Crippen molar-refractivity contribution >= 4 is 5.69 Å². The fraction of sp³-hybridized carbons (Fsp3) is 0.400. The van der Waals surface area contributed by atoms with Gasteiger partial charge < -0.3 is 10.5 Å². The van der Waals surface area contributed by atoms with Crippen molar-refractivity contribution < 1.29 is 4.74 Å². The van der Waals surface area contributed by atoms with E-state index in [-0.39, 0.29) is 0 Å². The van der Waals surface area contributed by atoms with E-state index >= 15 is 0 Å². The smallest absolute Gasteiger partial charge is 0.0662 e. The van der Waals surface area contributed by atoms with E-state index in [0.717, 1.165) is 36.4 Å². The van der Waals surface area contributed by atoms with E-state index in [0.29, 0.717) is 6.61 Å². The van der Waals surface area contributed by atoms with Crippen LogP contribution in [0.15, 0.2) is 36.7 Å². The summed E-state index contributed by atoms with van der Waals surface area (Å²) >= 11 is 0. The van der Waals surface area contributed by atoms with E-state index in [2.05, 4.69) is 12.0 Å². The second kappa shape index (κ2) is 6.95. The van der Waals surface area contributed by atoms with Gasteiger partial charge in [-0.25, -0.2) is 0 Å². The minimum Gasteiger partial charge on any atom is -0.399 e. The Bertz CT molecular complexity index is 508. The van der Waals surface area contributed by atoms with Crippen molar-refractivity contribution in [1.29, 1.82) is 0 Å². The maximum Gasteiger partial charge on any atom is 0.0662 e. The molecule has 2 N–H and O–H groups in total. The average Bonchev–Trinajstić information content (AvgIpc) is 2.87. The molecule has 2 aromatic rings. The third kappa shape index (κ3) is 4.10. The van der Waals surface area contributed by atoms with Crippen LogP contribution in [0.25, 0.3) is 11.1 Å². The molecule has 4 heteroatoms. The predicted molar refractivity (Wildman–Crippen MR) is 77.8 cm³/mol. The SMILES string of the molecule is CCCCOCCn1cc(-c2cccc(N)c2)cn1. The lowest BCUT2D eigenvalue weighted by Gasteiger charge is -2.03. The number of benzene rings is 1. The summed E-state index contributed by atoms with van der Waals surface area (Å²) in [7, 11) is 0. The van der Waals surface area contributed by atoms with Gasteiger partial charge in [0.2, 0.25) is 0 Å². The van der Waals surface area contributed by atoms with E-state index < -0.39 is 0 Å². The summed E-state index contributed by atoms with van der Waals surface area (Å²) in [5.41, 5.74) is 8.73. The van der Waals surface area contributed by atoms with E-state index in [4.69, 9.17) is 10.5 Å². The third-order valence-corrected chi connectivity index (χ3v) is 2.96. The molecule has 102 valence electrons. The van der Waals surface area contributed by atoms with Crippen LogP contribution in [0.1, 0.15) is 19.8 Å². The molecule has 0 amide bonds. The molecule has 0 atom stereocenters. The summed E-state index contributed by atoms with van der Waals surface area (Å²) in [4.78, 5) is 0. The lowest BCUT2D eigenvalue weighted by molar-refractivity contribution is 0.121. The average molecular weight is 259 g/mol. The molecular weight excluding hydrogens is 238 g/mol. The van der Waals surface area contributed by atoms with Crippen molar-refractivity contribution in [1.82, 2.24) is 9.78 Å². The zero-order valence-corrected chi connectivity index (χ0v) is 11.4. The van der Waals surface area contributed by atoms with Gasteiger partial charge in [-0.05, 0) is 24.1 Å². The molecular formula is C15H21N3O. The maximum absolute atomic E-state index is 5.78. The van der Waals surface area contributed by atoms with E-state index in [1.165, 1.54) is 6.42 Å². The standard InChI is InChI=1S/C15H21N3O/c1-2-3-8-19-9-7-18-12-14(11-17-18)13-5-4-6-15(16)10-13/h4-6,10-12H,2-3,7-9,16H2,1H3. The number of ether oxygens (including phenoxy) is 1. The molecule has 2 rings (SSSR count). The van der Waals surface area contributed by atoms with E-state index in [9.17, 15) is 0 Å².